The molecule has 1 aromatic heterocycles. The number of nitrogens with two attached hydrogens (primary N) is 1. The van der Waals surface area contributed by atoms with Crippen molar-refractivity contribution in [1.82, 2.24) is 4.98 Å². The summed E-state index contributed by atoms with van der Waals surface area (Å²) in [6.45, 7) is 4.07. The van der Waals surface area contributed by atoms with E-state index in [4.69, 9.17) is 10.5 Å². The molecule has 28 heavy (non-hydrogen) atoms. The third-order valence-electron chi connectivity index (χ3n) is 4.71. The van der Waals surface area contributed by atoms with E-state index in [9.17, 15) is 0 Å². The molecule has 0 spiro atoms. The molecule has 142 valence electrons. The number of ether oxygens (including phenoxy) is 1. The standard InChI is InChI=1S/C22H22N4OS/c1-3-10-25-22-21(23)28-19-7-6-17(13-18(19)26(22)14-27-2)20(15-4-5-15)16-8-11-24-12-9-16/h3-4,6-13,20H,1,5,14,23H2,2H3/b25-10-. The van der Waals surface area contributed by atoms with Gasteiger partial charge in [0, 0.05) is 36.5 Å². The van der Waals surface area contributed by atoms with Crippen molar-refractivity contribution in [3.8, 4) is 0 Å². The Morgan fingerprint density at radius 3 is 2.79 bits per heavy atom. The number of fused-ring (bicyclic) bond motifs is 1. The zero-order chi connectivity index (χ0) is 19.5. The van der Waals surface area contributed by atoms with E-state index in [1.165, 1.54) is 28.5 Å². The van der Waals surface area contributed by atoms with E-state index in [1.807, 2.05) is 17.3 Å². The van der Waals surface area contributed by atoms with E-state index in [0.29, 0.717) is 17.6 Å². The summed E-state index contributed by atoms with van der Waals surface area (Å²) in [6, 6.07) is 10.7. The maximum atomic E-state index is 6.28. The second kappa shape index (κ2) is 8.04. The van der Waals surface area contributed by atoms with Gasteiger partial charge in [0.05, 0.1) is 5.69 Å². The quantitative estimate of drug-likeness (QED) is 0.561. The summed E-state index contributed by atoms with van der Waals surface area (Å²) in [6.07, 6.45) is 10.3. The van der Waals surface area contributed by atoms with Gasteiger partial charge in [-0.25, -0.2) is 4.99 Å². The first-order valence-corrected chi connectivity index (χ1v) is 9.86. The Morgan fingerprint density at radius 2 is 2.11 bits per heavy atom. The van der Waals surface area contributed by atoms with Crippen LogP contribution >= 0.6 is 11.8 Å². The first-order chi connectivity index (χ1) is 13.7. The van der Waals surface area contributed by atoms with Crippen LogP contribution < -0.4 is 10.6 Å². The largest absolute Gasteiger partial charge is 0.390 e. The number of methoxy groups -OCH3 is 1. The molecule has 1 atom stereocenters. The summed E-state index contributed by atoms with van der Waals surface area (Å²) in [4.78, 5) is 11.7. The van der Waals surface area contributed by atoms with Crippen LogP contribution in [0.5, 0.6) is 0 Å². The fourth-order valence-corrected chi connectivity index (χ4v) is 4.31. The minimum Gasteiger partial charge on any atom is -0.390 e. The Labute approximate surface area is 169 Å². The molecule has 0 amide bonds. The first-order valence-electron chi connectivity index (χ1n) is 9.05. The molecule has 1 unspecified atom stereocenters. The normalized spacial score (nSPS) is 16.8. The molecule has 1 aromatic carbocycles. The second-order valence-electron chi connectivity index (χ2n) is 6.57. The van der Waals surface area contributed by atoms with Gasteiger partial charge in [0.25, 0.3) is 0 Å². The molecule has 5 nitrogen and oxygen atoms in total. The number of thioether (sulfide) groups is 1. The highest BCUT2D eigenvalue weighted by Crippen LogP contribution is 2.46. The maximum Gasteiger partial charge on any atom is 0.165 e. The van der Waals surface area contributed by atoms with Crippen molar-refractivity contribution in [2.75, 3.05) is 18.7 Å². The molecule has 1 aliphatic heterocycles. The number of aliphatic imine (C=N–C) groups is 1. The van der Waals surface area contributed by atoms with E-state index < -0.39 is 0 Å². The molecule has 0 bridgehead atoms. The minimum absolute atomic E-state index is 0.242. The molecule has 2 heterocycles. The average molecular weight is 391 g/mol. The van der Waals surface area contributed by atoms with Crippen LogP contribution in [-0.2, 0) is 4.74 Å². The minimum atomic E-state index is 0.242. The topological polar surface area (TPSA) is 63.7 Å². The van der Waals surface area contributed by atoms with Crippen molar-refractivity contribution in [3.63, 3.8) is 0 Å². The van der Waals surface area contributed by atoms with Crippen molar-refractivity contribution in [2.45, 2.75) is 17.2 Å². The van der Waals surface area contributed by atoms with E-state index in [2.05, 4.69) is 53.0 Å². The van der Waals surface area contributed by atoms with Gasteiger partial charge in [-0.1, -0.05) is 42.1 Å². The van der Waals surface area contributed by atoms with Gasteiger partial charge in [-0.15, -0.1) is 0 Å². The third kappa shape index (κ3) is 3.61. The molecule has 2 N–H and O–H groups in total. The summed E-state index contributed by atoms with van der Waals surface area (Å²) in [5, 5.41) is 0.644. The molecular formula is C22H22N4OS. The Kier molecular flexibility index (Phi) is 5.32. The fraction of sp³-hybridized carbons (Fsp3) is 0.182. The van der Waals surface area contributed by atoms with E-state index in [0.717, 1.165) is 17.0 Å². The van der Waals surface area contributed by atoms with E-state index in [-0.39, 0.29) is 5.92 Å². The number of anilines is 1. The lowest BCUT2D eigenvalue weighted by Crippen LogP contribution is -2.29. The lowest BCUT2D eigenvalue weighted by atomic mass is 9.89. The molecule has 0 radical (unpaired) electrons. The Morgan fingerprint density at radius 1 is 1.32 bits per heavy atom. The second-order valence-corrected chi connectivity index (χ2v) is 7.66. The highest BCUT2D eigenvalue weighted by Gasteiger charge is 2.29. The van der Waals surface area contributed by atoms with Gasteiger partial charge in [-0.05, 0) is 41.8 Å². The maximum absolute atomic E-state index is 6.28. The molecule has 1 aliphatic carbocycles. The highest BCUT2D eigenvalue weighted by atomic mass is 32.2. The predicted molar refractivity (Wildman–Crippen MR) is 115 cm³/mol. The van der Waals surface area contributed by atoms with Crippen LogP contribution in [0.25, 0.3) is 0 Å². The van der Waals surface area contributed by atoms with Gasteiger partial charge in [-0.2, -0.15) is 0 Å². The Hall–Kier alpha value is -2.83. The zero-order valence-corrected chi connectivity index (χ0v) is 16.5. The number of allylic oxidation sites excluding steroid dienone is 3. The van der Waals surface area contributed by atoms with Crippen LogP contribution in [-0.4, -0.2) is 25.0 Å². The number of rotatable bonds is 7. The molecule has 2 aromatic rings. The molecule has 4 rings (SSSR count). The zero-order valence-electron chi connectivity index (χ0n) is 15.7. The summed E-state index contributed by atoms with van der Waals surface area (Å²) in [7, 11) is 1.67. The number of nitrogens with zero attached hydrogens (tertiary/aromatic N) is 3. The van der Waals surface area contributed by atoms with Gasteiger partial charge < -0.3 is 10.5 Å². The number of hydrogen-bond acceptors (Lipinski definition) is 6. The highest BCUT2D eigenvalue weighted by molar-refractivity contribution is 8.03. The summed E-state index contributed by atoms with van der Waals surface area (Å²) < 4.78 is 5.45. The van der Waals surface area contributed by atoms with Crippen molar-refractivity contribution in [2.24, 2.45) is 10.7 Å². The van der Waals surface area contributed by atoms with Crippen molar-refractivity contribution < 1.29 is 4.74 Å². The molecular weight excluding hydrogens is 368 g/mol. The number of benzene rings is 1. The summed E-state index contributed by atoms with van der Waals surface area (Å²) in [5.41, 5.74) is 11.3. The molecule has 0 saturated carbocycles. The first kappa shape index (κ1) is 18.5. The average Bonchev–Trinajstić information content (AvgIpc) is 3.54. The lowest BCUT2D eigenvalue weighted by molar-refractivity contribution is 0.202. The molecule has 0 saturated heterocycles. The smallest absolute Gasteiger partial charge is 0.165 e. The summed E-state index contributed by atoms with van der Waals surface area (Å²) in [5.74, 6) is 0.925. The monoisotopic (exact) mass is 390 g/mol. The van der Waals surface area contributed by atoms with Crippen LogP contribution in [0.2, 0.25) is 0 Å². The Balaban J connectivity index is 1.78. The van der Waals surface area contributed by atoms with Gasteiger partial charge in [0.15, 0.2) is 5.82 Å². The number of aromatic nitrogens is 1. The van der Waals surface area contributed by atoms with E-state index in [1.54, 1.807) is 19.4 Å². The van der Waals surface area contributed by atoms with Crippen molar-refractivity contribution >= 4 is 23.7 Å². The SMILES string of the molecule is C=C/C=N\C1=C(N)Sc2ccc(C(C3=CC3)c3ccncc3)cc2N1COC. The van der Waals surface area contributed by atoms with Crippen LogP contribution in [0.15, 0.2) is 87.8 Å². The molecule has 2 aliphatic rings. The Bertz CT molecular complexity index is 981. The molecule has 6 heteroatoms. The number of pyridine rings is 1. The van der Waals surface area contributed by atoms with Gasteiger partial charge in [-0.3, -0.25) is 9.88 Å². The predicted octanol–water partition coefficient (Wildman–Crippen LogP) is 4.40. The van der Waals surface area contributed by atoms with Gasteiger partial charge in [0.2, 0.25) is 0 Å². The van der Waals surface area contributed by atoms with Gasteiger partial charge in [0.1, 0.15) is 11.8 Å². The van der Waals surface area contributed by atoms with Gasteiger partial charge >= 0.3 is 0 Å². The van der Waals surface area contributed by atoms with Crippen molar-refractivity contribution in [3.05, 3.63) is 89.0 Å². The van der Waals surface area contributed by atoms with Crippen molar-refractivity contribution in [1.29, 1.82) is 0 Å². The molecule has 0 fully saturated rings. The van der Waals surface area contributed by atoms with Crippen LogP contribution in [0.1, 0.15) is 23.5 Å². The fourth-order valence-electron chi connectivity index (χ4n) is 3.41. The van der Waals surface area contributed by atoms with Crippen LogP contribution in [0.4, 0.5) is 5.69 Å². The summed E-state index contributed by atoms with van der Waals surface area (Å²) >= 11 is 1.53. The van der Waals surface area contributed by atoms with Crippen LogP contribution in [0, 0.1) is 0 Å². The lowest BCUT2D eigenvalue weighted by Gasteiger charge is -2.32. The number of hydrogen-bond donors (Lipinski definition) is 1. The third-order valence-corrected chi connectivity index (χ3v) is 5.68. The van der Waals surface area contributed by atoms with Crippen LogP contribution in [0.3, 0.4) is 0 Å². The van der Waals surface area contributed by atoms with E-state index >= 15 is 0 Å².